The first-order valence-corrected chi connectivity index (χ1v) is 8.78. The van der Waals surface area contributed by atoms with E-state index < -0.39 is 17.9 Å². The van der Waals surface area contributed by atoms with Gasteiger partial charge in [0.25, 0.3) is 11.8 Å². The van der Waals surface area contributed by atoms with E-state index in [-0.39, 0.29) is 25.4 Å². The molecule has 0 bridgehead atoms. The van der Waals surface area contributed by atoms with E-state index in [1.165, 1.54) is 11.8 Å². The average molecular weight is 367 g/mol. The molecule has 2 saturated heterocycles. The lowest BCUT2D eigenvalue weighted by Gasteiger charge is -2.36. The smallest absolute Gasteiger partial charge is 0.321 e. The molecule has 0 aliphatic carbocycles. The quantitative estimate of drug-likeness (QED) is 0.874. The zero-order chi connectivity index (χ0) is 18.7. The van der Waals surface area contributed by atoms with Gasteiger partial charge < -0.3 is 19.9 Å². The van der Waals surface area contributed by atoms with E-state index in [0.717, 1.165) is 0 Å². The molecule has 26 heavy (non-hydrogen) atoms. The van der Waals surface area contributed by atoms with Crippen molar-refractivity contribution in [2.24, 2.45) is 5.92 Å². The summed E-state index contributed by atoms with van der Waals surface area (Å²) in [5, 5.41) is 2.71. The van der Waals surface area contributed by atoms with Crippen LogP contribution in [0.2, 0.25) is 0 Å². The number of amides is 3. The van der Waals surface area contributed by atoms with Gasteiger partial charge in [0.1, 0.15) is 0 Å². The number of nitrogens with zero attached hydrogens (tertiary/aromatic N) is 2. The molecule has 2 heterocycles. The standard InChI is InChI=1S/C18H23F2N3O3/c1-13-12-23(7-6-18(13,19)20)17(25)21-15-5-3-2-4-14(15)16(24)22-8-10-26-11-9-22/h2-5,13H,6-12H2,1H3,(H,21,25). The van der Waals surface area contributed by atoms with Crippen LogP contribution in [0.5, 0.6) is 0 Å². The molecule has 1 aromatic carbocycles. The molecule has 3 rings (SSSR count). The summed E-state index contributed by atoms with van der Waals surface area (Å²) in [4.78, 5) is 28.3. The van der Waals surface area contributed by atoms with E-state index in [4.69, 9.17) is 4.74 Å². The maximum atomic E-state index is 13.6. The summed E-state index contributed by atoms with van der Waals surface area (Å²) in [6, 6.07) is 6.29. The van der Waals surface area contributed by atoms with Crippen molar-refractivity contribution in [1.29, 1.82) is 0 Å². The zero-order valence-corrected chi connectivity index (χ0v) is 14.7. The summed E-state index contributed by atoms with van der Waals surface area (Å²) in [5.74, 6) is -3.82. The highest BCUT2D eigenvalue weighted by Gasteiger charge is 2.42. The number of hydrogen-bond donors (Lipinski definition) is 1. The first kappa shape index (κ1) is 18.6. The van der Waals surface area contributed by atoms with Gasteiger partial charge in [0.05, 0.1) is 24.5 Å². The minimum atomic E-state index is -2.75. The largest absolute Gasteiger partial charge is 0.378 e. The molecule has 0 spiro atoms. The molecule has 0 saturated carbocycles. The molecule has 0 radical (unpaired) electrons. The van der Waals surface area contributed by atoms with Gasteiger partial charge in [-0.15, -0.1) is 0 Å². The minimum absolute atomic E-state index is 0.0112. The maximum Gasteiger partial charge on any atom is 0.321 e. The molecule has 8 heteroatoms. The van der Waals surface area contributed by atoms with Gasteiger partial charge in [0, 0.05) is 38.5 Å². The predicted octanol–water partition coefficient (Wildman–Crippen LogP) is 2.67. The van der Waals surface area contributed by atoms with E-state index in [1.807, 2.05) is 0 Å². The molecule has 1 aromatic rings. The third-order valence-electron chi connectivity index (χ3n) is 4.91. The number of halogens is 2. The third kappa shape index (κ3) is 3.95. The van der Waals surface area contributed by atoms with Crippen LogP contribution in [0.15, 0.2) is 24.3 Å². The number of nitrogens with one attached hydrogen (secondary N) is 1. The number of benzene rings is 1. The molecule has 3 amide bonds. The molecule has 2 aliphatic heterocycles. The van der Waals surface area contributed by atoms with Crippen molar-refractivity contribution in [1.82, 2.24) is 9.80 Å². The first-order valence-electron chi connectivity index (χ1n) is 8.78. The Morgan fingerprint density at radius 1 is 1.15 bits per heavy atom. The fourth-order valence-electron chi connectivity index (χ4n) is 3.18. The number of anilines is 1. The van der Waals surface area contributed by atoms with Gasteiger partial charge in [-0.05, 0) is 12.1 Å². The van der Waals surface area contributed by atoms with Crippen LogP contribution < -0.4 is 5.32 Å². The average Bonchev–Trinajstić information content (AvgIpc) is 2.64. The van der Waals surface area contributed by atoms with E-state index >= 15 is 0 Å². The van der Waals surface area contributed by atoms with Crippen molar-refractivity contribution in [3.8, 4) is 0 Å². The summed E-state index contributed by atoms with van der Waals surface area (Å²) in [6.07, 6.45) is -0.351. The van der Waals surface area contributed by atoms with Gasteiger partial charge in [-0.2, -0.15) is 0 Å². The monoisotopic (exact) mass is 367 g/mol. The van der Waals surface area contributed by atoms with Crippen LogP contribution in [-0.2, 0) is 4.74 Å². The normalized spacial score (nSPS) is 22.8. The Hall–Kier alpha value is -2.22. The van der Waals surface area contributed by atoms with Crippen molar-refractivity contribution in [2.75, 3.05) is 44.7 Å². The molecule has 2 aliphatic rings. The summed E-state index contributed by atoms with van der Waals surface area (Å²) in [7, 11) is 0. The molecule has 6 nitrogen and oxygen atoms in total. The highest BCUT2D eigenvalue weighted by atomic mass is 19.3. The van der Waals surface area contributed by atoms with Crippen molar-refractivity contribution in [3.63, 3.8) is 0 Å². The number of likely N-dealkylation sites (tertiary alicyclic amines) is 1. The fourth-order valence-corrected chi connectivity index (χ4v) is 3.18. The Kier molecular flexibility index (Phi) is 5.41. The van der Waals surface area contributed by atoms with Crippen LogP contribution >= 0.6 is 0 Å². The van der Waals surface area contributed by atoms with Crippen molar-refractivity contribution >= 4 is 17.6 Å². The van der Waals surface area contributed by atoms with Gasteiger partial charge in [-0.3, -0.25) is 4.79 Å². The third-order valence-corrected chi connectivity index (χ3v) is 4.91. The summed E-state index contributed by atoms with van der Waals surface area (Å²) in [5.41, 5.74) is 0.775. The summed E-state index contributed by atoms with van der Waals surface area (Å²) >= 11 is 0. The minimum Gasteiger partial charge on any atom is -0.378 e. The van der Waals surface area contributed by atoms with Crippen LogP contribution in [0.1, 0.15) is 23.7 Å². The van der Waals surface area contributed by atoms with Crippen LogP contribution in [0.3, 0.4) is 0 Å². The van der Waals surface area contributed by atoms with Crippen LogP contribution in [0.25, 0.3) is 0 Å². The van der Waals surface area contributed by atoms with Gasteiger partial charge in [0.2, 0.25) is 0 Å². The lowest BCUT2D eigenvalue weighted by atomic mass is 9.96. The number of morpholine rings is 1. The molecule has 142 valence electrons. The summed E-state index contributed by atoms with van der Waals surface area (Å²) in [6.45, 7) is 3.39. The Labute approximate surface area is 151 Å². The molecule has 2 fully saturated rings. The SMILES string of the molecule is CC1CN(C(=O)Nc2ccccc2C(=O)N2CCOCC2)CCC1(F)F. The van der Waals surface area contributed by atoms with Crippen molar-refractivity contribution in [2.45, 2.75) is 19.3 Å². The second-order valence-electron chi connectivity index (χ2n) is 6.74. The topological polar surface area (TPSA) is 61.9 Å². The highest BCUT2D eigenvalue weighted by Crippen LogP contribution is 2.33. The van der Waals surface area contributed by atoms with E-state index in [2.05, 4.69) is 5.32 Å². The Bertz CT molecular complexity index is 677. The zero-order valence-electron chi connectivity index (χ0n) is 14.7. The molecule has 1 unspecified atom stereocenters. The molecular weight excluding hydrogens is 344 g/mol. The van der Waals surface area contributed by atoms with Crippen LogP contribution in [0.4, 0.5) is 19.3 Å². The number of alkyl halides is 2. The van der Waals surface area contributed by atoms with Crippen LogP contribution in [0, 0.1) is 5.92 Å². The van der Waals surface area contributed by atoms with E-state index in [0.29, 0.717) is 37.6 Å². The Morgan fingerprint density at radius 3 is 2.54 bits per heavy atom. The van der Waals surface area contributed by atoms with E-state index in [1.54, 1.807) is 29.2 Å². The number of ether oxygens (including phenoxy) is 1. The predicted molar refractivity (Wildman–Crippen MR) is 92.5 cm³/mol. The number of carbonyl (C=O) groups excluding carboxylic acids is 2. The lowest BCUT2D eigenvalue weighted by Crippen LogP contribution is -2.49. The fraction of sp³-hybridized carbons (Fsp3) is 0.556. The number of rotatable bonds is 2. The summed E-state index contributed by atoms with van der Waals surface area (Å²) < 4.78 is 32.5. The number of para-hydroxylation sites is 1. The number of carbonyl (C=O) groups is 2. The van der Waals surface area contributed by atoms with Gasteiger partial charge >= 0.3 is 6.03 Å². The highest BCUT2D eigenvalue weighted by molar-refractivity contribution is 6.03. The Balaban J connectivity index is 1.70. The maximum absolute atomic E-state index is 13.6. The second-order valence-corrected chi connectivity index (χ2v) is 6.74. The number of piperidine rings is 1. The van der Waals surface area contributed by atoms with Crippen LogP contribution in [-0.4, -0.2) is 67.1 Å². The second kappa shape index (κ2) is 7.57. The number of urea groups is 1. The van der Waals surface area contributed by atoms with Gasteiger partial charge in [-0.25, -0.2) is 13.6 Å². The lowest BCUT2D eigenvalue weighted by molar-refractivity contribution is -0.0899. The van der Waals surface area contributed by atoms with Gasteiger partial charge in [-0.1, -0.05) is 19.1 Å². The van der Waals surface area contributed by atoms with E-state index in [9.17, 15) is 18.4 Å². The molecule has 0 aromatic heterocycles. The number of hydrogen-bond acceptors (Lipinski definition) is 3. The first-order chi connectivity index (χ1) is 12.4. The Morgan fingerprint density at radius 2 is 1.85 bits per heavy atom. The van der Waals surface area contributed by atoms with Crippen molar-refractivity contribution in [3.05, 3.63) is 29.8 Å². The molecule has 1 atom stereocenters. The molecule has 1 N–H and O–H groups in total. The van der Waals surface area contributed by atoms with Gasteiger partial charge in [0.15, 0.2) is 0 Å². The molecular formula is C18H23F2N3O3. The van der Waals surface area contributed by atoms with Crippen molar-refractivity contribution < 1.29 is 23.1 Å².